The predicted octanol–water partition coefficient (Wildman–Crippen LogP) is -0.000600. The Morgan fingerprint density at radius 3 is 2.90 bits per heavy atom. The average Bonchev–Trinajstić information content (AvgIpc) is 3.05. The van der Waals surface area contributed by atoms with Crippen LogP contribution in [-0.4, -0.2) is 45.4 Å². The summed E-state index contributed by atoms with van der Waals surface area (Å²) in [5.74, 6) is -1.23. The van der Waals surface area contributed by atoms with Crippen molar-refractivity contribution in [3.05, 3.63) is 23.8 Å². The summed E-state index contributed by atoms with van der Waals surface area (Å²) in [7, 11) is -3.78. The summed E-state index contributed by atoms with van der Waals surface area (Å²) >= 11 is 0. The molecule has 21 heavy (non-hydrogen) atoms. The van der Waals surface area contributed by atoms with Crippen LogP contribution in [0, 0.1) is 5.92 Å². The molecule has 2 atom stereocenters. The van der Waals surface area contributed by atoms with Gasteiger partial charge in [-0.2, -0.15) is 0 Å². The van der Waals surface area contributed by atoms with E-state index >= 15 is 0 Å². The zero-order chi connectivity index (χ0) is 15.0. The molecule has 8 heteroatoms. The third-order valence-corrected chi connectivity index (χ3v) is 5.16. The molecule has 0 amide bonds. The van der Waals surface area contributed by atoms with Gasteiger partial charge in [0, 0.05) is 6.42 Å². The minimum absolute atomic E-state index is 0.0144. The van der Waals surface area contributed by atoms with Gasteiger partial charge in [0.1, 0.15) is 5.75 Å². The van der Waals surface area contributed by atoms with E-state index in [1.807, 2.05) is 0 Å². The molecule has 2 aliphatic heterocycles. The monoisotopic (exact) mass is 313 g/mol. The molecule has 3 rings (SSSR count). The third kappa shape index (κ3) is 2.74. The highest BCUT2D eigenvalue weighted by molar-refractivity contribution is 7.89. The summed E-state index contributed by atoms with van der Waals surface area (Å²) in [5, 5.41) is 9.05. The van der Waals surface area contributed by atoms with Crippen molar-refractivity contribution in [1.82, 2.24) is 4.72 Å². The summed E-state index contributed by atoms with van der Waals surface area (Å²) in [5.41, 5.74) is 0.843. The number of hydrogen-bond donors (Lipinski definition) is 2. The Bertz CT molecular complexity index is 671. The highest BCUT2D eigenvalue weighted by Gasteiger charge is 2.37. The number of nitrogens with one attached hydrogen (secondary N) is 1. The van der Waals surface area contributed by atoms with Gasteiger partial charge >= 0.3 is 5.97 Å². The second kappa shape index (κ2) is 5.28. The van der Waals surface area contributed by atoms with Crippen LogP contribution in [0.4, 0.5) is 0 Å². The summed E-state index contributed by atoms with van der Waals surface area (Å²) in [6, 6.07) is 3.89. The Kier molecular flexibility index (Phi) is 3.60. The minimum Gasteiger partial charge on any atom is -0.493 e. The van der Waals surface area contributed by atoms with Crippen LogP contribution in [0.3, 0.4) is 0 Å². The standard InChI is InChI=1S/C13H15NO6S/c15-13(16)10-6-19-7-11(10)14-21(17,18)9-1-2-12-8(5-9)3-4-20-12/h1-2,5,10-11,14H,3-4,6-7H2,(H,15,16). The van der Waals surface area contributed by atoms with E-state index in [2.05, 4.69) is 4.72 Å². The zero-order valence-corrected chi connectivity index (χ0v) is 11.9. The Labute approximate surface area is 121 Å². The predicted molar refractivity (Wildman–Crippen MR) is 71.7 cm³/mol. The van der Waals surface area contributed by atoms with Gasteiger partial charge in [0.15, 0.2) is 0 Å². The molecule has 2 aliphatic rings. The molecule has 0 radical (unpaired) electrons. The van der Waals surface area contributed by atoms with Gasteiger partial charge in [0.05, 0.1) is 36.7 Å². The first-order valence-corrected chi connectivity index (χ1v) is 8.04. The van der Waals surface area contributed by atoms with E-state index in [4.69, 9.17) is 14.6 Å². The van der Waals surface area contributed by atoms with Gasteiger partial charge in [-0.1, -0.05) is 0 Å². The first kappa shape index (κ1) is 14.3. The Hall–Kier alpha value is -1.64. The molecule has 1 saturated heterocycles. The SMILES string of the molecule is O=C(O)C1COCC1NS(=O)(=O)c1ccc2c(c1)CCO2. The smallest absolute Gasteiger partial charge is 0.310 e. The maximum atomic E-state index is 12.4. The number of carboxylic acid groups (broad SMARTS) is 1. The van der Waals surface area contributed by atoms with Crippen molar-refractivity contribution >= 4 is 16.0 Å². The van der Waals surface area contributed by atoms with E-state index in [9.17, 15) is 13.2 Å². The number of fused-ring (bicyclic) bond motifs is 1. The molecule has 2 heterocycles. The van der Waals surface area contributed by atoms with E-state index < -0.39 is 28.0 Å². The van der Waals surface area contributed by atoms with E-state index in [0.29, 0.717) is 18.8 Å². The Morgan fingerprint density at radius 1 is 1.33 bits per heavy atom. The van der Waals surface area contributed by atoms with E-state index in [1.165, 1.54) is 6.07 Å². The fourth-order valence-corrected chi connectivity index (χ4v) is 3.82. The van der Waals surface area contributed by atoms with Crippen molar-refractivity contribution in [2.45, 2.75) is 17.4 Å². The summed E-state index contributed by atoms with van der Waals surface area (Å²) in [6.07, 6.45) is 0.670. The molecule has 0 spiro atoms. The molecule has 7 nitrogen and oxygen atoms in total. The first-order valence-electron chi connectivity index (χ1n) is 6.56. The molecule has 114 valence electrons. The van der Waals surface area contributed by atoms with Gasteiger partial charge in [-0.25, -0.2) is 13.1 Å². The lowest BCUT2D eigenvalue weighted by Gasteiger charge is -2.16. The number of ether oxygens (including phenoxy) is 2. The maximum absolute atomic E-state index is 12.4. The van der Waals surface area contributed by atoms with Gasteiger partial charge in [-0.05, 0) is 23.8 Å². The Morgan fingerprint density at radius 2 is 2.14 bits per heavy atom. The van der Waals surface area contributed by atoms with Crippen LogP contribution in [0.15, 0.2) is 23.1 Å². The van der Waals surface area contributed by atoms with Crippen molar-refractivity contribution < 1.29 is 27.8 Å². The van der Waals surface area contributed by atoms with Crippen LogP contribution in [0.25, 0.3) is 0 Å². The van der Waals surface area contributed by atoms with Crippen molar-refractivity contribution in [2.24, 2.45) is 5.92 Å². The summed E-state index contributed by atoms with van der Waals surface area (Å²) in [4.78, 5) is 11.2. The van der Waals surface area contributed by atoms with Gasteiger partial charge in [-0.15, -0.1) is 0 Å². The van der Waals surface area contributed by atoms with Gasteiger partial charge in [0.25, 0.3) is 0 Å². The molecule has 1 fully saturated rings. The van der Waals surface area contributed by atoms with Gasteiger partial charge in [0.2, 0.25) is 10.0 Å². The first-order chi connectivity index (χ1) is 9.97. The zero-order valence-electron chi connectivity index (χ0n) is 11.1. The number of carboxylic acids is 1. The van der Waals surface area contributed by atoms with Crippen LogP contribution in [-0.2, 0) is 26.0 Å². The lowest BCUT2D eigenvalue weighted by atomic mass is 10.1. The van der Waals surface area contributed by atoms with Crippen LogP contribution >= 0.6 is 0 Å². The van der Waals surface area contributed by atoms with Crippen LogP contribution in [0.2, 0.25) is 0 Å². The molecule has 0 aromatic heterocycles. The highest BCUT2D eigenvalue weighted by Crippen LogP contribution is 2.28. The maximum Gasteiger partial charge on any atom is 0.310 e. The van der Waals surface area contributed by atoms with Gasteiger partial charge in [-0.3, -0.25) is 4.79 Å². The topological polar surface area (TPSA) is 102 Å². The summed E-state index contributed by atoms with van der Waals surface area (Å²) < 4.78 is 37.5. The van der Waals surface area contributed by atoms with E-state index in [0.717, 1.165) is 5.56 Å². The molecule has 2 unspecified atom stereocenters. The molecule has 0 aliphatic carbocycles. The normalized spacial score (nSPS) is 24.6. The number of sulfonamides is 1. The molecular formula is C13H15NO6S. The van der Waals surface area contributed by atoms with Crippen molar-refractivity contribution in [2.75, 3.05) is 19.8 Å². The molecule has 1 aromatic carbocycles. The van der Waals surface area contributed by atoms with Gasteiger partial charge < -0.3 is 14.6 Å². The number of rotatable bonds is 4. The number of aliphatic carboxylic acids is 1. The van der Waals surface area contributed by atoms with Crippen molar-refractivity contribution in [3.63, 3.8) is 0 Å². The molecule has 0 bridgehead atoms. The molecule has 1 aromatic rings. The number of hydrogen-bond acceptors (Lipinski definition) is 5. The quantitative estimate of drug-likeness (QED) is 0.811. The molecule has 0 saturated carbocycles. The lowest BCUT2D eigenvalue weighted by Crippen LogP contribution is -2.42. The lowest BCUT2D eigenvalue weighted by molar-refractivity contribution is -0.142. The van der Waals surface area contributed by atoms with Crippen molar-refractivity contribution in [3.8, 4) is 5.75 Å². The van der Waals surface area contributed by atoms with E-state index in [1.54, 1.807) is 12.1 Å². The number of benzene rings is 1. The third-order valence-electron chi connectivity index (χ3n) is 3.68. The fraction of sp³-hybridized carbons (Fsp3) is 0.462. The molecular weight excluding hydrogens is 298 g/mol. The molecule has 2 N–H and O–H groups in total. The summed E-state index contributed by atoms with van der Waals surface area (Å²) in [6.45, 7) is 0.620. The second-order valence-electron chi connectivity index (χ2n) is 5.08. The highest BCUT2D eigenvalue weighted by atomic mass is 32.2. The van der Waals surface area contributed by atoms with E-state index in [-0.39, 0.29) is 18.1 Å². The van der Waals surface area contributed by atoms with Crippen LogP contribution in [0.1, 0.15) is 5.56 Å². The fourth-order valence-electron chi connectivity index (χ4n) is 2.51. The van der Waals surface area contributed by atoms with Crippen molar-refractivity contribution in [1.29, 1.82) is 0 Å². The average molecular weight is 313 g/mol. The minimum atomic E-state index is -3.78. The second-order valence-corrected chi connectivity index (χ2v) is 6.79. The largest absolute Gasteiger partial charge is 0.493 e. The van der Waals surface area contributed by atoms with Crippen LogP contribution < -0.4 is 9.46 Å². The number of carbonyl (C=O) groups is 1. The van der Waals surface area contributed by atoms with Crippen LogP contribution in [0.5, 0.6) is 5.75 Å². The Balaban J connectivity index is 1.82.